The first-order valence-electron chi connectivity index (χ1n) is 11.5. The van der Waals surface area contributed by atoms with Crippen LogP contribution in [-0.4, -0.2) is 81.7 Å². The standard InChI is InChI=1S/C22H20N4O15S4/c27-20-18(11-15(12-19(20)44(35,36)37)42(30,31)9-8-41-45(38,39)40)24-26-21(13-4-2-1-3-5-13)25-23-17-7-6-14(43(32,33)34)10-16(17)22(28)29/h1-7,10-12,24,27H,8-9H2,(H,28,29)(H,32,33,34)(H,35,36,37)(H,38,39,40). The van der Waals surface area contributed by atoms with E-state index >= 15 is 0 Å². The number of hydrazone groups is 1. The molecule has 0 aromatic heterocycles. The van der Waals surface area contributed by atoms with Gasteiger partial charge in [-0.05, 0) is 30.3 Å². The molecule has 3 aromatic carbocycles. The van der Waals surface area contributed by atoms with Crippen molar-refractivity contribution in [2.45, 2.75) is 14.7 Å². The van der Waals surface area contributed by atoms with E-state index in [0.717, 1.165) is 12.1 Å². The SMILES string of the molecule is O=C(O)c1cc(S(=O)(=O)O)ccc1N=NC(=NNc1cc(S(=O)(=O)CCOS(=O)(=O)O)cc(S(=O)(=O)O)c1O)c1ccccc1. The number of nitrogens with one attached hydrogen (secondary N) is 1. The number of hydrogen-bond donors (Lipinski definition) is 6. The number of benzene rings is 3. The van der Waals surface area contributed by atoms with Crippen LogP contribution in [0.1, 0.15) is 15.9 Å². The highest BCUT2D eigenvalue weighted by atomic mass is 32.3. The van der Waals surface area contributed by atoms with Gasteiger partial charge in [0.2, 0.25) is 5.84 Å². The Kier molecular flexibility index (Phi) is 10.4. The summed E-state index contributed by atoms with van der Waals surface area (Å²) in [6.07, 6.45) is 0. The molecule has 6 N–H and O–H groups in total. The molecule has 0 aliphatic carbocycles. The van der Waals surface area contributed by atoms with Crippen molar-refractivity contribution in [2.75, 3.05) is 17.8 Å². The summed E-state index contributed by atoms with van der Waals surface area (Å²) in [5.41, 5.74) is 0.490. The fourth-order valence-corrected chi connectivity index (χ4v) is 6.04. The third kappa shape index (κ3) is 9.56. The molecule has 0 spiro atoms. The number of anilines is 1. The molecule has 0 unspecified atom stereocenters. The number of hydrogen-bond acceptors (Lipinski definition) is 14. The van der Waals surface area contributed by atoms with Gasteiger partial charge in [0.15, 0.2) is 15.6 Å². The Labute approximate surface area is 254 Å². The maximum Gasteiger partial charge on any atom is 0.397 e. The number of sulfone groups is 1. The number of carboxylic acid groups (broad SMARTS) is 1. The summed E-state index contributed by atoms with van der Waals surface area (Å²) in [7, 11) is -19.7. The monoisotopic (exact) mass is 708 g/mol. The summed E-state index contributed by atoms with van der Waals surface area (Å²) in [5, 5.41) is 31.4. The van der Waals surface area contributed by atoms with Crippen LogP contribution in [0.15, 0.2) is 90.7 Å². The first-order valence-corrected chi connectivity index (χ1v) is 17.4. The number of amidine groups is 1. The van der Waals surface area contributed by atoms with Crippen LogP contribution in [0, 0.1) is 0 Å². The average molecular weight is 709 g/mol. The lowest BCUT2D eigenvalue weighted by molar-refractivity contribution is 0.0697. The van der Waals surface area contributed by atoms with Gasteiger partial charge < -0.3 is 10.2 Å². The van der Waals surface area contributed by atoms with Crippen LogP contribution < -0.4 is 5.43 Å². The molecule has 0 atom stereocenters. The minimum atomic E-state index is -5.27. The highest BCUT2D eigenvalue weighted by Crippen LogP contribution is 2.35. The van der Waals surface area contributed by atoms with Crippen LogP contribution in [0.3, 0.4) is 0 Å². The van der Waals surface area contributed by atoms with E-state index in [0.29, 0.717) is 18.2 Å². The minimum absolute atomic E-state index is 0.167. The topological polar surface area (TPSA) is 313 Å². The molecule has 242 valence electrons. The molecular formula is C22H20N4O15S4. The van der Waals surface area contributed by atoms with Crippen LogP contribution in [0.4, 0.5) is 11.4 Å². The van der Waals surface area contributed by atoms with Gasteiger partial charge in [-0.1, -0.05) is 30.3 Å². The molecule has 0 saturated heterocycles. The van der Waals surface area contributed by atoms with Gasteiger partial charge in [-0.25, -0.2) is 17.4 Å². The van der Waals surface area contributed by atoms with E-state index in [9.17, 15) is 57.8 Å². The van der Waals surface area contributed by atoms with Gasteiger partial charge in [0.05, 0.1) is 27.7 Å². The first-order chi connectivity index (χ1) is 20.7. The van der Waals surface area contributed by atoms with Crippen LogP contribution in [0.25, 0.3) is 0 Å². The molecule has 0 aliphatic heterocycles. The van der Waals surface area contributed by atoms with E-state index in [2.05, 4.69) is 24.9 Å². The predicted molar refractivity (Wildman–Crippen MR) is 152 cm³/mol. The number of azo groups is 1. The van der Waals surface area contributed by atoms with Crippen molar-refractivity contribution in [1.29, 1.82) is 0 Å². The maximum atomic E-state index is 12.7. The van der Waals surface area contributed by atoms with Gasteiger partial charge in [0.25, 0.3) is 20.2 Å². The van der Waals surface area contributed by atoms with Crippen molar-refractivity contribution in [3.63, 3.8) is 0 Å². The van der Waals surface area contributed by atoms with Crippen molar-refractivity contribution in [1.82, 2.24) is 0 Å². The van der Waals surface area contributed by atoms with E-state index in [1.165, 1.54) is 24.3 Å². The summed E-state index contributed by atoms with van der Waals surface area (Å²) in [4.78, 5) is 8.76. The molecule has 19 nitrogen and oxygen atoms in total. The number of aromatic hydroxyl groups is 1. The number of rotatable bonds is 12. The summed E-state index contributed by atoms with van der Waals surface area (Å²) in [5.74, 6) is -4.37. The molecule has 0 amide bonds. The molecule has 0 aliphatic rings. The minimum Gasteiger partial charge on any atom is -0.504 e. The molecule has 23 heteroatoms. The number of phenols is 1. The number of nitrogens with zero attached hydrogens (tertiary/aromatic N) is 3. The van der Waals surface area contributed by atoms with Crippen LogP contribution in [-0.2, 0) is 44.7 Å². The van der Waals surface area contributed by atoms with Crippen LogP contribution in [0.5, 0.6) is 5.75 Å². The second-order valence-corrected chi connectivity index (χ2v) is 14.4. The van der Waals surface area contributed by atoms with E-state index in [1.807, 2.05) is 0 Å². The van der Waals surface area contributed by atoms with E-state index in [-0.39, 0.29) is 5.56 Å². The zero-order chi connectivity index (χ0) is 33.8. The second-order valence-electron chi connectivity index (χ2n) is 8.43. The predicted octanol–water partition coefficient (Wildman–Crippen LogP) is 1.73. The van der Waals surface area contributed by atoms with Gasteiger partial charge in [-0.2, -0.15) is 30.4 Å². The lowest BCUT2D eigenvalue weighted by Gasteiger charge is -2.12. The first kappa shape index (κ1) is 35.1. The Balaban J connectivity index is 2.12. The molecule has 0 fully saturated rings. The Morgan fingerprint density at radius 3 is 2.02 bits per heavy atom. The fraction of sp³-hybridized carbons (Fsp3) is 0.0909. The zero-order valence-electron chi connectivity index (χ0n) is 22.0. The van der Waals surface area contributed by atoms with Crippen molar-refractivity contribution >= 4 is 63.7 Å². The van der Waals surface area contributed by atoms with Gasteiger partial charge in [0, 0.05) is 5.56 Å². The molecule has 0 radical (unpaired) electrons. The molecule has 3 aromatic rings. The molecular weight excluding hydrogens is 689 g/mol. The Morgan fingerprint density at radius 1 is 0.822 bits per heavy atom. The largest absolute Gasteiger partial charge is 0.504 e. The number of carboxylic acids is 1. The third-order valence-corrected chi connectivity index (χ3v) is 9.17. The lowest BCUT2D eigenvalue weighted by atomic mass is 10.2. The molecule has 0 bridgehead atoms. The quantitative estimate of drug-likeness (QED) is 0.0389. The summed E-state index contributed by atoms with van der Waals surface area (Å²) >= 11 is 0. The van der Waals surface area contributed by atoms with Gasteiger partial charge in [-0.3, -0.25) is 19.1 Å². The second kappa shape index (κ2) is 13.3. The fourth-order valence-electron chi connectivity index (χ4n) is 3.29. The normalized spacial score (nSPS) is 13.2. The Morgan fingerprint density at radius 2 is 1.47 bits per heavy atom. The molecule has 45 heavy (non-hydrogen) atoms. The van der Waals surface area contributed by atoms with E-state index in [4.69, 9.17) is 4.55 Å². The number of aromatic carboxylic acids is 1. The highest BCUT2D eigenvalue weighted by Gasteiger charge is 2.26. The average Bonchev–Trinajstić information content (AvgIpc) is 2.92. The van der Waals surface area contributed by atoms with Gasteiger partial charge in [0.1, 0.15) is 16.3 Å². The van der Waals surface area contributed by atoms with E-state index in [1.54, 1.807) is 6.07 Å². The lowest BCUT2D eigenvalue weighted by Crippen LogP contribution is -2.16. The van der Waals surface area contributed by atoms with Crippen molar-refractivity contribution in [3.05, 3.63) is 71.8 Å². The highest BCUT2D eigenvalue weighted by molar-refractivity contribution is 7.91. The summed E-state index contributed by atoms with van der Waals surface area (Å²) in [6, 6.07) is 10.9. The molecule has 0 heterocycles. The maximum absolute atomic E-state index is 12.7. The van der Waals surface area contributed by atoms with Gasteiger partial charge in [-0.15, -0.1) is 10.2 Å². The van der Waals surface area contributed by atoms with Crippen LogP contribution in [0.2, 0.25) is 0 Å². The number of carbonyl (C=O) groups is 1. The van der Waals surface area contributed by atoms with Crippen LogP contribution >= 0.6 is 0 Å². The van der Waals surface area contributed by atoms with E-state index < -0.39 is 102 Å². The molecule has 0 saturated carbocycles. The third-order valence-electron chi connectivity index (χ3n) is 5.33. The smallest absolute Gasteiger partial charge is 0.397 e. The van der Waals surface area contributed by atoms with Gasteiger partial charge >= 0.3 is 16.4 Å². The zero-order valence-corrected chi connectivity index (χ0v) is 25.2. The van der Waals surface area contributed by atoms with Crippen molar-refractivity contribution < 1.29 is 66.5 Å². The molecule has 3 rings (SSSR count). The Bertz CT molecular complexity index is 2130. The Hall–Kier alpha value is -4.36. The van der Waals surface area contributed by atoms with Crippen molar-refractivity contribution in [2.24, 2.45) is 15.3 Å². The van der Waals surface area contributed by atoms with Crippen molar-refractivity contribution in [3.8, 4) is 5.75 Å². The summed E-state index contributed by atoms with van der Waals surface area (Å²) in [6.45, 7) is -1.09. The number of phenolic OH excluding ortho intramolecular Hbond substituents is 1. The summed E-state index contributed by atoms with van der Waals surface area (Å²) < 4.78 is 125.